The van der Waals surface area contributed by atoms with Crippen LogP contribution in [0.5, 0.6) is 0 Å². The smallest absolute Gasteiger partial charge is 0.410 e. The van der Waals surface area contributed by atoms with Crippen LogP contribution in [0.4, 0.5) is 4.79 Å². The molecule has 0 saturated carbocycles. The van der Waals surface area contributed by atoms with Gasteiger partial charge in [0.1, 0.15) is 5.60 Å². The number of thiophene rings is 1. The molecule has 2 rings (SSSR count). The Morgan fingerprint density at radius 3 is 2.92 bits per heavy atom. The van der Waals surface area contributed by atoms with Gasteiger partial charge in [-0.25, -0.2) is 4.79 Å². The van der Waals surface area contributed by atoms with Gasteiger partial charge in [-0.05, 0) is 57.4 Å². The molecule has 1 fully saturated rings. The number of aliphatic imine (C=N–C) groups is 1. The number of hydrogen-bond acceptors (Lipinski definition) is 4. The minimum absolute atomic E-state index is 0. The predicted molar refractivity (Wildman–Crippen MR) is 118 cm³/mol. The van der Waals surface area contributed by atoms with Crippen LogP contribution in [0, 0.1) is 5.92 Å². The highest BCUT2D eigenvalue weighted by Crippen LogP contribution is 2.19. The number of nitrogens with one attached hydrogen (secondary N) is 1. The molecule has 0 aliphatic carbocycles. The van der Waals surface area contributed by atoms with Crippen molar-refractivity contribution in [2.24, 2.45) is 16.6 Å². The summed E-state index contributed by atoms with van der Waals surface area (Å²) in [7, 11) is 0. The summed E-state index contributed by atoms with van der Waals surface area (Å²) in [6, 6.07) is 4.17. The first-order valence-electron chi connectivity index (χ1n) is 8.87. The summed E-state index contributed by atoms with van der Waals surface area (Å²) in [6.07, 6.45) is 2.75. The molecule has 1 amide bonds. The lowest BCUT2D eigenvalue weighted by molar-refractivity contribution is 0.0171. The Morgan fingerprint density at radius 2 is 2.27 bits per heavy atom. The second kappa shape index (κ2) is 11.0. The van der Waals surface area contributed by atoms with Crippen LogP contribution in [0.15, 0.2) is 22.5 Å². The highest BCUT2D eigenvalue weighted by atomic mass is 127. The molecule has 0 spiro atoms. The highest BCUT2D eigenvalue weighted by Gasteiger charge is 2.27. The van der Waals surface area contributed by atoms with Gasteiger partial charge in [-0.1, -0.05) is 6.07 Å². The summed E-state index contributed by atoms with van der Waals surface area (Å²) in [5.74, 6) is 0.810. The number of likely N-dealkylation sites (tertiary alicyclic amines) is 1. The fourth-order valence-corrected chi connectivity index (χ4v) is 3.47. The third-order valence-electron chi connectivity index (χ3n) is 3.95. The van der Waals surface area contributed by atoms with Gasteiger partial charge in [-0.3, -0.25) is 4.99 Å². The van der Waals surface area contributed by atoms with Crippen molar-refractivity contribution in [2.75, 3.05) is 26.2 Å². The number of halogens is 1. The first-order valence-corrected chi connectivity index (χ1v) is 9.75. The number of ether oxygens (including phenoxy) is 1. The minimum atomic E-state index is -0.459. The van der Waals surface area contributed by atoms with E-state index in [-0.39, 0.29) is 30.1 Å². The maximum absolute atomic E-state index is 12.2. The van der Waals surface area contributed by atoms with Crippen molar-refractivity contribution in [3.05, 3.63) is 22.4 Å². The molecule has 148 valence electrons. The van der Waals surface area contributed by atoms with Crippen molar-refractivity contribution in [3.63, 3.8) is 0 Å². The number of nitrogens with two attached hydrogens (primary N) is 1. The molecular weight excluding hydrogens is 463 g/mol. The SMILES string of the molecule is CC(C)(C)OC(=O)N1CCCC(CN=C(N)NCCc2cccs2)C1.I. The normalized spacial score (nSPS) is 18.2. The molecule has 1 aromatic heterocycles. The monoisotopic (exact) mass is 494 g/mol. The molecule has 1 unspecified atom stereocenters. The molecule has 0 radical (unpaired) electrons. The molecule has 1 aliphatic rings. The van der Waals surface area contributed by atoms with E-state index < -0.39 is 5.60 Å². The van der Waals surface area contributed by atoms with Crippen LogP contribution in [0.1, 0.15) is 38.5 Å². The number of amides is 1. The van der Waals surface area contributed by atoms with Gasteiger partial charge in [-0.2, -0.15) is 0 Å². The Hall–Kier alpha value is -1.03. The van der Waals surface area contributed by atoms with Crippen LogP contribution in [-0.4, -0.2) is 48.7 Å². The summed E-state index contributed by atoms with van der Waals surface area (Å²) in [5.41, 5.74) is 5.49. The van der Waals surface area contributed by atoms with Gasteiger partial charge in [0.2, 0.25) is 0 Å². The molecule has 8 heteroatoms. The number of carbonyl (C=O) groups excluding carboxylic acids is 1. The summed E-state index contributed by atoms with van der Waals surface area (Å²) in [5, 5.41) is 5.23. The topological polar surface area (TPSA) is 80.0 Å². The number of carbonyl (C=O) groups is 1. The average molecular weight is 494 g/mol. The van der Waals surface area contributed by atoms with Crippen LogP contribution in [0.3, 0.4) is 0 Å². The van der Waals surface area contributed by atoms with Crippen molar-refractivity contribution in [1.29, 1.82) is 0 Å². The van der Waals surface area contributed by atoms with Crippen LogP contribution in [-0.2, 0) is 11.2 Å². The molecule has 1 aliphatic heterocycles. The quantitative estimate of drug-likeness (QED) is 0.373. The first kappa shape index (κ1) is 23.0. The Labute approximate surface area is 177 Å². The highest BCUT2D eigenvalue weighted by molar-refractivity contribution is 14.0. The second-order valence-corrected chi connectivity index (χ2v) is 8.45. The Bertz CT molecular complexity index is 572. The Kier molecular flexibility index (Phi) is 9.70. The largest absolute Gasteiger partial charge is 0.444 e. The Morgan fingerprint density at radius 1 is 1.50 bits per heavy atom. The third kappa shape index (κ3) is 8.57. The van der Waals surface area contributed by atoms with Crippen molar-refractivity contribution >= 4 is 47.4 Å². The lowest BCUT2D eigenvalue weighted by atomic mass is 9.98. The van der Waals surface area contributed by atoms with E-state index in [9.17, 15) is 4.79 Å². The van der Waals surface area contributed by atoms with Gasteiger partial charge in [0, 0.05) is 31.1 Å². The molecule has 6 nitrogen and oxygen atoms in total. The zero-order chi connectivity index (χ0) is 18.3. The van der Waals surface area contributed by atoms with Crippen molar-refractivity contribution in [2.45, 2.75) is 45.6 Å². The van der Waals surface area contributed by atoms with E-state index in [4.69, 9.17) is 10.5 Å². The van der Waals surface area contributed by atoms with Crippen LogP contribution in [0.25, 0.3) is 0 Å². The van der Waals surface area contributed by atoms with E-state index in [1.165, 1.54) is 4.88 Å². The molecule has 3 N–H and O–H groups in total. The standard InChI is InChI=1S/C18H30N4O2S.HI/c1-18(2,3)24-17(23)22-10-4-6-14(13-22)12-21-16(19)20-9-8-15-7-5-11-25-15;/h5,7,11,14H,4,6,8-10,12-13H2,1-3H3,(H3,19,20,21);1H. The maximum atomic E-state index is 12.2. The van der Waals surface area contributed by atoms with E-state index in [0.29, 0.717) is 25.0 Å². The molecule has 2 heterocycles. The molecular formula is C18H31IN4O2S. The molecule has 26 heavy (non-hydrogen) atoms. The summed E-state index contributed by atoms with van der Waals surface area (Å²) < 4.78 is 5.45. The zero-order valence-electron chi connectivity index (χ0n) is 15.9. The van der Waals surface area contributed by atoms with Crippen molar-refractivity contribution in [1.82, 2.24) is 10.2 Å². The molecule has 1 aromatic rings. The second-order valence-electron chi connectivity index (χ2n) is 7.42. The Balaban J connectivity index is 0.00000338. The van der Waals surface area contributed by atoms with Crippen molar-refractivity contribution in [3.8, 4) is 0 Å². The predicted octanol–water partition coefficient (Wildman–Crippen LogP) is 3.46. The molecule has 1 saturated heterocycles. The van der Waals surface area contributed by atoms with Gasteiger partial charge >= 0.3 is 6.09 Å². The van der Waals surface area contributed by atoms with E-state index in [1.54, 1.807) is 16.2 Å². The average Bonchev–Trinajstić information content (AvgIpc) is 3.05. The van der Waals surface area contributed by atoms with E-state index in [0.717, 1.165) is 32.4 Å². The molecule has 0 bridgehead atoms. The summed E-state index contributed by atoms with van der Waals surface area (Å²) in [6.45, 7) is 8.52. The zero-order valence-corrected chi connectivity index (χ0v) is 19.0. The van der Waals surface area contributed by atoms with E-state index in [1.807, 2.05) is 20.8 Å². The molecule has 0 aromatic carbocycles. The van der Waals surface area contributed by atoms with Crippen LogP contribution < -0.4 is 11.1 Å². The third-order valence-corrected chi connectivity index (χ3v) is 4.88. The van der Waals surface area contributed by atoms with Gasteiger partial charge in [-0.15, -0.1) is 35.3 Å². The number of piperidine rings is 1. The number of hydrogen-bond donors (Lipinski definition) is 2. The number of nitrogens with zero attached hydrogens (tertiary/aromatic N) is 2. The molecule has 1 atom stereocenters. The lowest BCUT2D eigenvalue weighted by Gasteiger charge is -2.33. The minimum Gasteiger partial charge on any atom is -0.444 e. The van der Waals surface area contributed by atoms with Gasteiger partial charge in [0.05, 0.1) is 0 Å². The van der Waals surface area contributed by atoms with Gasteiger partial charge < -0.3 is 20.7 Å². The van der Waals surface area contributed by atoms with Crippen LogP contribution >= 0.6 is 35.3 Å². The van der Waals surface area contributed by atoms with Gasteiger partial charge in [0.25, 0.3) is 0 Å². The van der Waals surface area contributed by atoms with E-state index >= 15 is 0 Å². The van der Waals surface area contributed by atoms with Crippen molar-refractivity contribution < 1.29 is 9.53 Å². The fourth-order valence-electron chi connectivity index (χ4n) is 2.76. The van der Waals surface area contributed by atoms with Gasteiger partial charge in [0.15, 0.2) is 5.96 Å². The first-order chi connectivity index (χ1) is 11.8. The van der Waals surface area contributed by atoms with E-state index in [2.05, 4.69) is 27.8 Å². The van der Waals surface area contributed by atoms with Crippen LogP contribution in [0.2, 0.25) is 0 Å². The number of guanidine groups is 1. The summed E-state index contributed by atoms with van der Waals surface area (Å²) >= 11 is 1.75. The number of rotatable bonds is 5. The fraction of sp³-hybridized carbons (Fsp3) is 0.667. The summed E-state index contributed by atoms with van der Waals surface area (Å²) in [4.78, 5) is 19.7. The maximum Gasteiger partial charge on any atom is 0.410 e. The lowest BCUT2D eigenvalue weighted by Crippen LogP contribution is -2.43.